The number of esters is 1. The molecule has 0 saturated carbocycles. The van der Waals surface area contributed by atoms with Crippen molar-refractivity contribution in [1.82, 2.24) is 4.90 Å². The molecule has 0 unspecified atom stereocenters. The van der Waals surface area contributed by atoms with Crippen LogP contribution in [0.5, 0.6) is 0 Å². The number of furan rings is 1. The van der Waals surface area contributed by atoms with Crippen molar-refractivity contribution in [2.45, 2.75) is 20.3 Å². The standard InChI is InChI=1S/C19H21ClN2O5/c1-4-15-10(2)12-7-11(20)8-14(17(12)27-15)21-16-13(19(25)26-3)9-22(5-6-23)18(16)24/h7-8,21,23H,4-6,9H2,1-3H3. The number of carbonyl (C=O) groups excluding carboxylic acids is 2. The van der Waals surface area contributed by atoms with E-state index < -0.39 is 11.9 Å². The zero-order chi connectivity index (χ0) is 19.7. The Morgan fingerprint density at radius 3 is 2.81 bits per heavy atom. The summed E-state index contributed by atoms with van der Waals surface area (Å²) < 4.78 is 10.8. The lowest BCUT2D eigenvalue weighted by molar-refractivity contribution is -0.136. The number of nitrogens with one attached hydrogen (secondary N) is 1. The maximum atomic E-state index is 12.7. The van der Waals surface area contributed by atoms with Crippen molar-refractivity contribution in [2.75, 3.05) is 32.1 Å². The second kappa shape index (κ2) is 7.62. The molecule has 8 heteroatoms. The first-order valence-electron chi connectivity index (χ1n) is 8.61. The average Bonchev–Trinajstić information content (AvgIpc) is 3.13. The Hall–Kier alpha value is -2.51. The van der Waals surface area contributed by atoms with E-state index in [2.05, 4.69) is 5.32 Å². The Morgan fingerprint density at radius 2 is 2.19 bits per heavy atom. The van der Waals surface area contributed by atoms with E-state index in [0.29, 0.717) is 16.3 Å². The topological polar surface area (TPSA) is 92.0 Å². The minimum absolute atomic E-state index is 0.0650. The van der Waals surface area contributed by atoms with Crippen LogP contribution in [0, 0.1) is 6.92 Å². The number of hydrogen-bond donors (Lipinski definition) is 2. The Kier molecular flexibility index (Phi) is 5.43. The highest BCUT2D eigenvalue weighted by molar-refractivity contribution is 6.32. The van der Waals surface area contributed by atoms with Crippen molar-refractivity contribution < 1.29 is 23.8 Å². The highest BCUT2D eigenvalue weighted by Crippen LogP contribution is 2.36. The number of methoxy groups -OCH3 is 1. The number of β-amino-alcohol motifs (C(OH)–C–C–N with tert-alkyl or cyclic N) is 1. The SMILES string of the molecule is CCc1oc2c(NC3=C(C(=O)OC)CN(CCO)C3=O)cc(Cl)cc2c1C. The van der Waals surface area contributed by atoms with Crippen molar-refractivity contribution in [2.24, 2.45) is 0 Å². The lowest BCUT2D eigenvalue weighted by Gasteiger charge is -2.15. The number of anilines is 1. The normalized spacial score (nSPS) is 14.4. The van der Waals surface area contributed by atoms with Gasteiger partial charge in [-0.3, -0.25) is 4.79 Å². The van der Waals surface area contributed by atoms with E-state index in [1.165, 1.54) is 12.0 Å². The molecule has 3 rings (SSSR count). The van der Waals surface area contributed by atoms with Gasteiger partial charge in [0.2, 0.25) is 0 Å². The van der Waals surface area contributed by atoms with Crippen molar-refractivity contribution >= 4 is 40.1 Å². The Labute approximate surface area is 161 Å². The number of carbonyl (C=O) groups is 2. The molecule has 0 aliphatic carbocycles. The van der Waals surface area contributed by atoms with Crippen LogP contribution in [-0.4, -0.2) is 48.7 Å². The van der Waals surface area contributed by atoms with Gasteiger partial charge in [-0.25, -0.2) is 4.79 Å². The number of fused-ring (bicyclic) bond motifs is 1. The van der Waals surface area contributed by atoms with Crippen LogP contribution in [0.4, 0.5) is 5.69 Å². The van der Waals surface area contributed by atoms with Crippen LogP contribution in [-0.2, 0) is 20.7 Å². The van der Waals surface area contributed by atoms with Gasteiger partial charge in [0.05, 0.1) is 31.5 Å². The van der Waals surface area contributed by atoms with Gasteiger partial charge in [-0.05, 0) is 24.6 Å². The molecule has 1 aliphatic rings. The minimum atomic E-state index is -0.602. The zero-order valence-corrected chi connectivity index (χ0v) is 16.1. The molecule has 27 heavy (non-hydrogen) atoms. The number of rotatable bonds is 6. The second-order valence-electron chi connectivity index (χ2n) is 6.25. The Bertz CT molecular complexity index is 947. The first kappa shape index (κ1) is 19.3. The van der Waals surface area contributed by atoms with Crippen molar-refractivity contribution in [3.63, 3.8) is 0 Å². The largest absolute Gasteiger partial charge is 0.466 e. The molecule has 0 bridgehead atoms. The molecule has 2 N–H and O–H groups in total. The quantitative estimate of drug-likeness (QED) is 0.734. The predicted octanol–water partition coefficient (Wildman–Crippen LogP) is 2.63. The molecule has 1 aromatic carbocycles. The van der Waals surface area contributed by atoms with Crippen LogP contribution in [0.25, 0.3) is 11.0 Å². The van der Waals surface area contributed by atoms with Crippen LogP contribution >= 0.6 is 11.6 Å². The first-order valence-corrected chi connectivity index (χ1v) is 8.99. The maximum Gasteiger partial charge on any atom is 0.337 e. The zero-order valence-electron chi connectivity index (χ0n) is 15.4. The molecule has 1 aromatic heterocycles. The van der Waals surface area contributed by atoms with E-state index in [-0.39, 0.29) is 31.0 Å². The number of benzene rings is 1. The number of aliphatic hydroxyl groups is 1. The number of aryl methyl sites for hydroxylation is 2. The summed E-state index contributed by atoms with van der Waals surface area (Å²) in [5.74, 6) is -0.164. The lowest BCUT2D eigenvalue weighted by atomic mass is 10.1. The van der Waals surface area contributed by atoms with Crippen molar-refractivity contribution in [3.05, 3.63) is 39.7 Å². The molecule has 0 saturated heterocycles. The fourth-order valence-electron chi connectivity index (χ4n) is 3.25. The van der Waals surface area contributed by atoms with Gasteiger partial charge in [-0.15, -0.1) is 0 Å². The van der Waals surface area contributed by atoms with E-state index in [1.54, 1.807) is 6.07 Å². The third-order valence-electron chi connectivity index (χ3n) is 4.64. The molecular formula is C19H21ClN2O5. The number of aliphatic hydroxyl groups excluding tert-OH is 1. The lowest BCUT2D eigenvalue weighted by Crippen LogP contribution is -2.31. The molecule has 7 nitrogen and oxygen atoms in total. The third kappa shape index (κ3) is 3.40. The molecule has 1 aliphatic heterocycles. The molecule has 2 aromatic rings. The highest BCUT2D eigenvalue weighted by atomic mass is 35.5. The summed E-state index contributed by atoms with van der Waals surface area (Å²) in [5, 5.41) is 13.5. The first-order chi connectivity index (χ1) is 12.9. The van der Waals surface area contributed by atoms with Crippen LogP contribution in [0.15, 0.2) is 27.8 Å². The van der Waals surface area contributed by atoms with Gasteiger partial charge in [-0.2, -0.15) is 0 Å². The maximum absolute atomic E-state index is 12.7. The van der Waals surface area contributed by atoms with Gasteiger partial charge in [0, 0.05) is 23.4 Å². The van der Waals surface area contributed by atoms with Gasteiger partial charge in [0.15, 0.2) is 5.58 Å². The molecule has 144 valence electrons. The molecule has 1 amide bonds. The van der Waals surface area contributed by atoms with E-state index in [9.17, 15) is 9.59 Å². The third-order valence-corrected chi connectivity index (χ3v) is 4.85. The fraction of sp³-hybridized carbons (Fsp3) is 0.368. The number of nitrogens with zero attached hydrogens (tertiary/aromatic N) is 1. The summed E-state index contributed by atoms with van der Waals surface area (Å²) in [6, 6.07) is 3.46. The molecule has 0 radical (unpaired) electrons. The van der Waals surface area contributed by atoms with Crippen molar-refractivity contribution in [1.29, 1.82) is 0 Å². The van der Waals surface area contributed by atoms with Gasteiger partial charge < -0.3 is 24.5 Å². The van der Waals surface area contributed by atoms with Gasteiger partial charge in [0.25, 0.3) is 5.91 Å². The van der Waals surface area contributed by atoms with Gasteiger partial charge in [-0.1, -0.05) is 18.5 Å². The summed E-state index contributed by atoms with van der Waals surface area (Å²) in [6.07, 6.45) is 0.719. The average molecular weight is 393 g/mol. The number of hydrogen-bond acceptors (Lipinski definition) is 6. The number of ether oxygens (including phenoxy) is 1. The monoisotopic (exact) mass is 392 g/mol. The van der Waals surface area contributed by atoms with Crippen LogP contribution in [0.3, 0.4) is 0 Å². The molecule has 0 fully saturated rings. The molecular weight excluding hydrogens is 372 g/mol. The summed E-state index contributed by atoms with van der Waals surface area (Å²) >= 11 is 6.26. The molecule has 0 atom stereocenters. The molecule has 2 heterocycles. The number of amides is 1. The smallest absolute Gasteiger partial charge is 0.337 e. The summed E-state index contributed by atoms with van der Waals surface area (Å²) in [4.78, 5) is 26.2. The van der Waals surface area contributed by atoms with E-state index in [0.717, 1.165) is 23.1 Å². The van der Waals surface area contributed by atoms with Gasteiger partial charge in [0.1, 0.15) is 11.5 Å². The van der Waals surface area contributed by atoms with E-state index in [4.69, 9.17) is 25.9 Å². The predicted molar refractivity (Wildman–Crippen MR) is 102 cm³/mol. The Morgan fingerprint density at radius 1 is 1.44 bits per heavy atom. The fourth-order valence-corrected chi connectivity index (χ4v) is 3.46. The summed E-state index contributed by atoms with van der Waals surface area (Å²) in [5.41, 5.74) is 2.35. The molecule has 0 spiro atoms. The number of halogens is 1. The van der Waals surface area contributed by atoms with Crippen LogP contribution < -0.4 is 5.32 Å². The van der Waals surface area contributed by atoms with Crippen LogP contribution in [0.1, 0.15) is 18.2 Å². The van der Waals surface area contributed by atoms with Crippen LogP contribution in [0.2, 0.25) is 5.02 Å². The van der Waals surface area contributed by atoms with E-state index in [1.807, 2.05) is 19.9 Å². The second-order valence-corrected chi connectivity index (χ2v) is 6.69. The van der Waals surface area contributed by atoms with E-state index >= 15 is 0 Å². The highest BCUT2D eigenvalue weighted by Gasteiger charge is 2.35. The Balaban J connectivity index is 2.09. The summed E-state index contributed by atoms with van der Waals surface area (Å²) in [6.45, 7) is 3.93. The van der Waals surface area contributed by atoms with Gasteiger partial charge >= 0.3 is 5.97 Å². The minimum Gasteiger partial charge on any atom is -0.466 e. The summed E-state index contributed by atoms with van der Waals surface area (Å²) in [7, 11) is 1.26. The van der Waals surface area contributed by atoms with Crippen molar-refractivity contribution in [3.8, 4) is 0 Å².